The summed E-state index contributed by atoms with van der Waals surface area (Å²) in [6.07, 6.45) is 6.86. The maximum Gasteiger partial charge on any atom is 0.178 e. The minimum absolute atomic E-state index is 0.0298. The Kier molecular flexibility index (Phi) is 3.77. The van der Waals surface area contributed by atoms with Gasteiger partial charge < -0.3 is 4.90 Å². The molecule has 0 aliphatic carbocycles. The molecule has 0 spiro atoms. The Labute approximate surface area is 103 Å². The molecule has 17 heavy (non-hydrogen) atoms. The molecule has 1 aromatic heterocycles. The molecule has 1 fully saturated rings. The smallest absolute Gasteiger partial charge is 0.178 e. The van der Waals surface area contributed by atoms with Crippen LogP contribution in [0.3, 0.4) is 0 Å². The van der Waals surface area contributed by atoms with Crippen molar-refractivity contribution in [3.8, 4) is 0 Å². The lowest BCUT2D eigenvalue weighted by Crippen LogP contribution is -2.39. The lowest BCUT2D eigenvalue weighted by Gasteiger charge is -2.36. The summed E-state index contributed by atoms with van der Waals surface area (Å²) in [7, 11) is 0. The summed E-state index contributed by atoms with van der Waals surface area (Å²) < 4.78 is 0. The fraction of sp³-hybridized carbons (Fsp3) is 0.571. The lowest BCUT2D eigenvalue weighted by molar-refractivity contribution is 0.101. The molecule has 1 aliphatic rings. The second-order valence-corrected chi connectivity index (χ2v) is 4.71. The van der Waals surface area contributed by atoms with E-state index >= 15 is 0 Å². The first-order valence-corrected chi connectivity index (χ1v) is 6.46. The predicted octanol–water partition coefficient (Wildman–Crippen LogP) is 3.05. The highest BCUT2D eigenvalue weighted by atomic mass is 16.1. The number of carbonyl (C=O) groups excluding carboxylic acids is 1. The first-order valence-electron chi connectivity index (χ1n) is 6.46. The summed E-state index contributed by atoms with van der Waals surface area (Å²) in [5.41, 5.74) is 1.71. The number of carbonyl (C=O) groups is 1. The molecule has 0 radical (unpaired) electrons. The number of aromatic nitrogens is 1. The van der Waals surface area contributed by atoms with Crippen molar-refractivity contribution in [3.05, 3.63) is 24.0 Å². The molecule has 1 atom stereocenters. The second kappa shape index (κ2) is 5.30. The van der Waals surface area contributed by atoms with E-state index in [9.17, 15) is 4.79 Å². The minimum Gasteiger partial charge on any atom is -0.367 e. The van der Waals surface area contributed by atoms with E-state index in [1.54, 1.807) is 6.92 Å². The largest absolute Gasteiger partial charge is 0.367 e. The lowest BCUT2D eigenvalue weighted by atomic mass is 9.99. The van der Waals surface area contributed by atoms with Crippen molar-refractivity contribution >= 4 is 11.5 Å². The minimum atomic E-state index is 0.0298. The molecule has 1 aromatic rings. The van der Waals surface area contributed by atoms with Crippen LogP contribution in [0.4, 0.5) is 5.69 Å². The quantitative estimate of drug-likeness (QED) is 0.751. The highest BCUT2D eigenvalue weighted by molar-refractivity contribution is 5.92. The van der Waals surface area contributed by atoms with Gasteiger partial charge >= 0.3 is 0 Å². The van der Waals surface area contributed by atoms with Gasteiger partial charge in [-0.25, -0.2) is 0 Å². The first-order chi connectivity index (χ1) is 8.22. The zero-order valence-electron chi connectivity index (χ0n) is 10.6. The average molecular weight is 232 g/mol. The van der Waals surface area contributed by atoms with Crippen LogP contribution in [-0.2, 0) is 0 Å². The maximum atomic E-state index is 11.2. The molecule has 0 saturated carbocycles. The maximum absolute atomic E-state index is 11.2. The zero-order valence-corrected chi connectivity index (χ0v) is 10.6. The molecule has 3 nitrogen and oxygen atoms in total. The Balaban J connectivity index is 2.17. The molecule has 0 aromatic carbocycles. The van der Waals surface area contributed by atoms with Gasteiger partial charge in [-0.1, -0.05) is 6.92 Å². The number of piperidine rings is 1. The molecule has 1 aliphatic heterocycles. The molecule has 2 rings (SSSR count). The van der Waals surface area contributed by atoms with E-state index < -0.39 is 0 Å². The van der Waals surface area contributed by atoms with Gasteiger partial charge in [-0.15, -0.1) is 0 Å². The van der Waals surface area contributed by atoms with Crippen molar-refractivity contribution in [1.29, 1.82) is 0 Å². The van der Waals surface area contributed by atoms with Crippen molar-refractivity contribution in [2.75, 3.05) is 11.4 Å². The van der Waals surface area contributed by atoms with E-state index in [0.29, 0.717) is 11.7 Å². The SMILES string of the molecule is CCC1CCCCN1c1ccc(C(C)=O)nc1. The van der Waals surface area contributed by atoms with Crippen molar-refractivity contribution in [3.63, 3.8) is 0 Å². The molecule has 0 N–H and O–H groups in total. The summed E-state index contributed by atoms with van der Waals surface area (Å²) in [6.45, 7) is 4.90. The molecule has 0 amide bonds. The Bertz CT molecular complexity index is 386. The summed E-state index contributed by atoms with van der Waals surface area (Å²) in [5, 5.41) is 0. The van der Waals surface area contributed by atoms with Gasteiger partial charge in [0, 0.05) is 19.5 Å². The molecule has 1 unspecified atom stereocenters. The van der Waals surface area contributed by atoms with Crippen LogP contribution in [0.15, 0.2) is 18.3 Å². The van der Waals surface area contributed by atoms with Crippen LogP contribution in [0, 0.1) is 0 Å². The van der Waals surface area contributed by atoms with E-state index in [1.165, 1.54) is 25.7 Å². The standard InChI is InChI=1S/C14H20N2O/c1-3-12-6-4-5-9-16(12)13-7-8-14(11(2)17)15-10-13/h7-8,10,12H,3-6,9H2,1-2H3. The summed E-state index contributed by atoms with van der Waals surface area (Å²) in [4.78, 5) is 17.8. The number of ketones is 1. The van der Waals surface area contributed by atoms with Gasteiger partial charge in [0.1, 0.15) is 5.69 Å². The van der Waals surface area contributed by atoms with Gasteiger partial charge in [0.25, 0.3) is 0 Å². The average Bonchev–Trinajstić information content (AvgIpc) is 2.39. The number of rotatable bonds is 3. The molecular weight excluding hydrogens is 212 g/mol. The van der Waals surface area contributed by atoms with Crippen LogP contribution in [0.25, 0.3) is 0 Å². The van der Waals surface area contributed by atoms with E-state index in [1.807, 2.05) is 18.3 Å². The van der Waals surface area contributed by atoms with Gasteiger partial charge in [-0.3, -0.25) is 9.78 Å². The second-order valence-electron chi connectivity index (χ2n) is 4.71. The van der Waals surface area contributed by atoms with Crippen LogP contribution in [0.2, 0.25) is 0 Å². The fourth-order valence-corrected chi connectivity index (χ4v) is 2.53. The summed E-state index contributed by atoms with van der Waals surface area (Å²) >= 11 is 0. The van der Waals surface area contributed by atoms with Gasteiger partial charge in [-0.2, -0.15) is 0 Å². The van der Waals surface area contributed by atoms with Crippen LogP contribution in [-0.4, -0.2) is 23.4 Å². The van der Waals surface area contributed by atoms with Gasteiger partial charge in [0.05, 0.1) is 11.9 Å². The fourth-order valence-electron chi connectivity index (χ4n) is 2.53. The van der Waals surface area contributed by atoms with Crippen molar-refractivity contribution in [2.45, 2.75) is 45.6 Å². The zero-order chi connectivity index (χ0) is 12.3. The first kappa shape index (κ1) is 12.1. The van der Waals surface area contributed by atoms with E-state index in [2.05, 4.69) is 16.8 Å². The van der Waals surface area contributed by atoms with Crippen LogP contribution >= 0.6 is 0 Å². The Morgan fingerprint density at radius 1 is 1.47 bits per heavy atom. The summed E-state index contributed by atoms with van der Waals surface area (Å²) in [6, 6.07) is 4.49. The van der Waals surface area contributed by atoms with Gasteiger partial charge in [-0.05, 0) is 37.8 Å². The Morgan fingerprint density at radius 3 is 2.88 bits per heavy atom. The third kappa shape index (κ3) is 2.65. The number of anilines is 1. The normalized spacial score (nSPS) is 20.4. The molecule has 2 heterocycles. The molecule has 92 valence electrons. The predicted molar refractivity (Wildman–Crippen MR) is 69.5 cm³/mol. The van der Waals surface area contributed by atoms with Gasteiger partial charge in [0.15, 0.2) is 5.78 Å². The van der Waals surface area contributed by atoms with Crippen LogP contribution < -0.4 is 4.90 Å². The van der Waals surface area contributed by atoms with Crippen molar-refractivity contribution < 1.29 is 4.79 Å². The number of nitrogens with zero attached hydrogens (tertiary/aromatic N) is 2. The molecule has 3 heteroatoms. The van der Waals surface area contributed by atoms with Crippen LogP contribution in [0.1, 0.15) is 50.0 Å². The topological polar surface area (TPSA) is 33.2 Å². The van der Waals surface area contributed by atoms with Crippen LogP contribution in [0.5, 0.6) is 0 Å². The van der Waals surface area contributed by atoms with Gasteiger partial charge in [0.2, 0.25) is 0 Å². The number of hydrogen-bond acceptors (Lipinski definition) is 3. The number of hydrogen-bond donors (Lipinski definition) is 0. The van der Waals surface area contributed by atoms with Crippen molar-refractivity contribution in [1.82, 2.24) is 4.98 Å². The third-order valence-electron chi connectivity index (χ3n) is 3.54. The Hall–Kier alpha value is -1.38. The number of pyridine rings is 1. The molecule has 0 bridgehead atoms. The highest BCUT2D eigenvalue weighted by Crippen LogP contribution is 2.25. The Morgan fingerprint density at radius 2 is 2.29 bits per heavy atom. The molecular formula is C14H20N2O. The summed E-state index contributed by atoms with van der Waals surface area (Å²) in [5.74, 6) is 0.0298. The highest BCUT2D eigenvalue weighted by Gasteiger charge is 2.21. The van der Waals surface area contributed by atoms with E-state index in [-0.39, 0.29) is 5.78 Å². The van der Waals surface area contributed by atoms with E-state index in [0.717, 1.165) is 12.2 Å². The van der Waals surface area contributed by atoms with E-state index in [4.69, 9.17) is 0 Å². The monoisotopic (exact) mass is 232 g/mol. The number of Topliss-reactive ketones (excluding diaryl/α,β-unsaturated/α-hetero) is 1. The van der Waals surface area contributed by atoms with Crippen molar-refractivity contribution in [2.24, 2.45) is 0 Å². The third-order valence-corrected chi connectivity index (χ3v) is 3.54. The molecule has 1 saturated heterocycles.